The van der Waals surface area contributed by atoms with Crippen molar-refractivity contribution in [3.8, 4) is 6.07 Å². The van der Waals surface area contributed by atoms with Gasteiger partial charge in [0.25, 0.3) is 11.8 Å². The van der Waals surface area contributed by atoms with Crippen molar-refractivity contribution >= 4 is 29.2 Å². The summed E-state index contributed by atoms with van der Waals surface area (Å²) in [7, 11) is 3.16. The van der Waals surface area contributed by atoms with E-state index in [-0.39, 0.29) is 42.2 Å². The van der Waals surface area contributed by atoms with Crippen LogP contribution in [0.25, 0.3) is 0 Å². The van der Waals surface area contributed by atoms with Gasteiger partial charge in [-0.2, -0.15) is 5.26 Å². The standard InChI is InChI=1S/C37H40FN7O3/c1-21(43-20-33(46)45-29(19-39)16-26-17-32(26)45)18-37(36(40)44-28-10-8-27(38)9-11-28)30-12-6-24(34(47)41-2)14-22(30)4-5-23-15-25(35(48)42-3)7-13-31(23)37/h6-15,21,26,29,32,43H,4-5,16-18,20H2,1-3H3,(H2,40,44)(H,41,47)(H,42,48)/t21-,26?,29?,32+/m1/s1. The molecule has 2 aliphatic carbocycles. The molecule has 3 aromatic carbocycles. The number of nitriles is 1. The van der Waals surface area contributed by atoms with Gasteiger partial charge in [-0.3, -0.25) is 19.8 Å². The quantitative estimate of drug-likeness (QED) is 0.175. The molecule has 4 atom stereocenters. The molecule has 0 radical (unpaired) electrons. The first-order valence-corrected chi connectivity index (χ1v) is 16.4. The third-order valence-corrected chi connectivity index (χ3v) is 10.1. The van der Waals surface area contributed by atoms with Gasteiger partial charge in [0.2, 0.25) is 5.91 Å². The van der Waals surface area contributed by atoms with E-state index in [2.05, 4.69) is 27.3 Å². The molecule has 2 unspecified atom stereocenters. The van der Waals surface area contributed by atoms with Gasteiger partial charge < -0.3 is 26.2 Å². The summed E-state index contributed by atoms with van der Waals surface area (Å²) >= 11 is 0. The smallest absolute Gasteiger partial charge is 0.251 e. The average Bonchev–Trinajstić information content (AvgIpc) is 3.79. The summed E-state index contributed by atoms with van der Waals surface area (Å²) in [6.07, 6.45) is 3.12. The predicted molar refractivity (Wildman–Crippen MR) is 180 cm³/mol. The van der Waals surface area contributed by atoms with Crippen LogP contribution in [0.2, 0.25) is 0 Å². The van der Waals surface area contributed by atoms with Crippen LogP contribution < -0.4 is 21.3 Å². The minimum absolute atomic E-state index is 0.0440. The number of halogens is 1. The Kier molecular flexibility index (Phi) is 9.03. The van der Waals surface area contributed by atoms with Gasteiger partial charge in [0, 0.05) is 43.0 Å². The number of nitrogens with zero attached hydrogens (tertiary/aromatic N) is 2. The maximum atomic E-state index is 13.9. The molecule has 248 valence electrons. The molecule has 1 heterocycles. The van der Waals surface area contributed by atoms with Crippen LogP contribution in [0.5, 0.6) is 0 Å². The van der Waals surface area contributed by atoms with E-state index in [0.717, 1.165) is 35.1 Å². The van der Waals surface area contributed by atoms with E-state index in [0.29, 0.717) is 42.0 Å². The lowest BCUT2D eigenvalue weighted by molar-refractivity contribution is -0.131. The van der Waals surface area contributed by atoms with E-state index in [1.165, 1.54) is 12.1 Å². The lowest BCUT2D eigenvalue weighted by Crippen LogP contribution is -2.49. The molecule has 48 heavy (non-hydrogen) atoms. The number of anilines is 1. The molecular formula is C37H40FN7O3. The second kappa shape index (κ2) is 13.2. The van der Waals surface area contributed by atoms with Gasteiger partial charge in [0.05, 0.1) is 18.0 Å². The van der Waals surface area contributed by atoms with Gasteiger partial charge in [-0.1, -0.05) is 12.1 Å². The van der Waals surface area contributed by atoms with E-state index in [9.17, 15) is 29.4 Å². The van der Waals surface area contributed by atoms with Gasteiger partial charge in [0.15, 0.2) is 0 Å². The van der Waals surface area contributed by atoms with Crippen molar-refractivity contribution in [2.45, 2.75) is 62.6 Å². The normalized spacial score (nSPS) is 20.6. The first-order valence-electron chi connectivity index (χ1n) is 16.4. The Balaban J connectivity index is 1.44. The van der Waals surface area contributed by atoms with Crippen molar-refractivity contribution in [2.24, 2.45) is 5.92 Å². The van der Waals surface area contributed by atoms with Crippen LogP contribution in [0.15, 0.2) is 60.7 Å². The number of rotatable bonds is 9. The summed E-state index contributed by atoms with van der Waals surface area (Å²) < 4.78 is 13.9. The number of hydrogen-bond donors (Lipinski definition) is 5. The molecule has 2 fully saturated rings. The summed E-state index contributed by atoms with van der Waals surface area (Å²) in [5.74, 6) is -0.420. The minimum atomic E-state index is -1.13. The maximum Gasteiger partial charge on any atom is 0.251 e. The second-order valence-corrected chi connectivity index (χ2v) is 13.0. The van der Waals surface area contributed by atoms with Crippen molar-refractivity contribution in [3.05, 3.63) is 99.9 Å². The van der Waals surface area contributed by atoms with Crippen molar-refractivity contribution in [1.82, 2.24) is 20.9 Å². The zero-order valence-corrected chi connectivity index (χ0v) is 27.3. The number of carbonyl (C=O) groups is 3. The van der Waals surface area contributed by atoms with Gasteiger partial charge in [0.1, 0.15) is 17.7 Å². The molecule has 0 aromatic heterocycles. The molecule has 0 bridgehead atoms. The lowest BCUT2D eigenvalue weighted by atomic mass is 9.67. The SMILES string of the molecule is CNC(=O)c1ccc2c(c1)CCc1cc(C(=O)NC)ccc1C2(C[C@@H](C)NCC(=O)N1C(C#N)CC2C[C@@H]21)C(=N)Nc1ccc(F)cc1. The topological polar surface area (TPSA) is 150 Å². The van der Waals surface area contributed by atoms with Crippen molar-refractivity contribution < 1.29 is 18.8 Å². The molecule has 6 rings (SSSR count). The van der Waals surface area contributed by atoms with Crippen LogP contribution in [0.3, 0.4) is 0 Å². The number of nitrogens with one attached hydrogen (secondary N) is 5. The summed E-state index contributed by atoms with van der Waals surface area (Å²) in [5.41, 5.74) is 3.81. The van der Waals surface area contributed by atoms with E-state index >= 15 is 0 Å². The highest BCUT2D eigenvalue weighted by molar-refractivity contribution is 6.05. The fourth-order valence-electron chi connectivity index (χ4n) is 7.61. The van der Waals surface area contributed by atoms with Crippen LogP contribution in [0.1, 0.15) is 69.2 Å². The number of amides is 3. The fourth-order valence-corrected chi connectivity index (χ4v) is 7.61. The molecule has 3 amide bonds. The van der Waals surface area contributed by atoms with E-state index in [1.54, 1.807) is 43.3 Å². The predicted octanol–water partition coefficient (Wildman–Crippen LogP) is 3.90. The van der Waals surface area contributed by atoms with Gasteiger partial charge in [-0.15, -0.1) is 0 Å². The number of fused-ring (bicyclic) bond motifs is 3. The molecule has 3 aliphatic rings. The summed E-state index contributed by atoms with van der Waals surface area (Å²) in [6.45, 7) is 2.01. The number of carbonyl (C=O) groups excluding carboxylic acids is 3. The van der Waals surface area contributed by atoms with Gasteiger partial charge in [-0.25, -0.2) is 4.39 Å². The zero-order chi connectivity index (χ0) is 34.2. The molecule has 0 spiro atoms. The van der Waals surface area contributed by atoms with Crippen LogP contribution in [0, 0.1) is 28.5 Å². The highest BCUT2D eigenvalue weighted by atomic mass is 19.1. The van der Waals surface area contributed by atoms with E-state index in [1.807, 2.05) is 31.2 Å². The second-order valence-electron chi connectivity index (χ2n) is 13.0. The average molecular weight is 650 g/mol. The monoisotopic (exact) mass is 649 g/mol. The van der Waals surface area contributed by atoms with Crippen LogP contribution >= 0.6 is 0 Å². The Morgan fingerprint density at radius 1 is 0.958 bits per heavy atom. The van der Waals surface area contributed by atoms with Crippen LogP contribution in [0.4, 0.5) is 10.1 Å². The van der Waals surface area contributed by atoms with Gasteiger partial charge >= 0.3 is 0 Å². The highest BCUT2D eigenvalue weighted by Crippen LogP contribution is 2.48. The molecule has 11 heteroatoms. The molecule has 3 aromatic rings. The molecule has 5 N–H and O–H groups in total. The molecular weight excluding hydrogens is 609 g/mol. The number of piperidine rings is 1. The fraction of sp³-hybridized carbons (Fsp3) is 0.378. The summed E-state index contributed by atoms with van der Waals surface area (Å²) in [5, 5.41) is 31.4. The number of benzene rings is 3. The Morgan fingerprint density at radius 2 is 1.54 bits per heavy atom. The van der Waals surface area contributed by atoms with Crippen LogP contribution in [-0.2, 0) is 23.1 Å². The minimum Gasteiger partial charge on any atom is -0.355 e. The van der Waals surface area contributed by atoms with Crippen molar-refractivity contribution in [1.29, 1.82) is 10.7 Å². The zero-order valence-electron chi connectivity index (χ0n) is 27.3. The lowest BCUT2D eigenvalue weighted by Gasteiger charge is -2.39. The maximum absolute atomic E-state index is 13.9. The first-order chi connectivity index (χ1) is 23.1. The number of aryl methyl sites for hydroxylation is 2. The Hall–Kier alpha value is -5.08. The number of hydrogen-bond acceptors (Lipinski definition) is 6. The summed E-state index contributed by atoms with van der Waals surface area (Å²) in [4.78, 5) is 40.6. The molecule has 1 saturated heterocycles. The molecule has 1 saturated carbocycles. The van der Waals surface area contributed by atoms with Crippen molar-refractivity contribution in [2.75, 3.05) is 26.0 Å². The Bertz CT molecular complexity index is 1750. The van der Waals surface area contributed by atoms with Crippen molar-refractivity contribution in [3.63, 3.8) is 0 Å². The van der Waals surface area contributed by atoms with Crippen LogP contribution in [-0.4, -0.2) is 67.2 Å². The Labute approximate surface area is 279 Å². The number of amidine groups is 1. The van der Waals surface area contributed by atoms with E-state index in [4.69, 9.17) is 0 Å². The summed E-state index contributed by atoms with van der Waals surface area (Å²) in [6, 6.07) is 18.6. The largest absolute Gasteiger partial charge is 0.355 e. The third kappa shape index (κ3) is 6.04. The number of likely N-dealkylation sites (tertiary alicyclic amines) is 1. The molecule has 1 aliphatic heterocycles. The third-order valence-electron chi connectivity index (χ3n) is 10.1. The Morgan fingerprint density at radius 3 is 2.08 bits per heavy atom. The first kappa shape index (κ1) is 32.8. The highest BCUT2D eigenvalue weighted by Gasteiger charge is 2.54. The van der Waals surface area contributed by atoms with Gasteiger partial charge in [-0.05, 0) is 116 Å². The van der Waals surface area contributed by atoms with E-state index < -0.39 is 17.3 Å². The molecule has 10 nitrogen and oxygen atoms in total.